The molecule has 0 saturated carbocycles. The summed E-state index contributed by atoms with van der Waals surface area (Å²) in [6, 6.07) is 7.87. The highest BCUT2D eigenvalue weighted by Crippen LogP contribution is 2.17. The number of hydrogen-bond donors (Lipinski definition) is 2. The molecule has 0 bridgehead atoms. The minimum atomic E-state index is -0.772. The van der Waals surface area contributed by atoms with Gasteiger partial charge in [-0.3, -0.25) is 4.79 Å². The molecule has 0 aliphatic rings. The Hall–Kier alpha value is -1.35. The van der Waals surface area contributed by atoms with Crippen LogP contribution in [0.1, 0.15) is 51.7 Å². The van der Waals surface area contributed by atoms with Crippen molar-refractivity contribution in [2.45, 2.75) is 47.0 Å². The van der Waals surface area contributed by atoms with Gasteiger partial charge in [0.2, 0.25) is 0 Å². The van der Waals surface area contributed by atoms with Crippen LogP contribution in [-0.4, -0.2) is 22.8 Å². The van der Waals surface area contributed by atoms with Gasteiger partial charge >= 0.3 is 5.97 Å². The van der Waals surface area contributed by atoms with Crippen molar-refractivity contribution in [2.75, 3.05) is 6.61 Å². The molecular weight excluding hydrogens is 252 g/mol. The molecular formula is C17H28O3. The summed E-state index contributed by atoms with van der Waals surface area (Å²) in [4.78, 5) is 10.8. The average molecular weight is 280 g/mol. The second-order valence-electron chi connectivity index (χ2n) is 5.98. The minimum absolute atomic E-state index is 0.306. The van der Waals surface area contributed by atoms with Crippen LogP contribution in [0.4, 0.5) is 0 Å². The first-order chi connectivity index (χ1) is 9.27. The molecule has 0 amide bonds. The third kappa shape index (κ3) is 7.95. The maximum Gasteiger partial charge on any atom is 0.310 e. The molecule has 1 unspecified atom stereocenters. The summed E-state index contributed by atoms with van der Waals surface area (Å²) in [5, 5.41) is 17.0. The molecule has 1 rings (SSSR count). The molecule has 0 radical (unpaired) electrons. The van der Waals surface area contributed by atoms with E-state index in [0.29, 0.717) is 18.4 Å². The topological polar surface area (TPSA) is 57.5 Å². The summed E-state index contributed by atoms with van der Waals surface area (Å²) in [7, 11) is 0. The molecule has 114 valence electrons. The van der Waals surface area contributed by atoms with Gasteiger partial charge in [0, 0.05) is 6.61 Å². The van der Waals surface area contributed by atoms with Crippen molar-refractivity contribution in [3.05, 3.63) is 35.4 Å². The van der Waals surface area contributed by atoms with Gasteiger partial charge in [0.15, 0.2) is 0 Å². The summed E-state index contributed by atoms with van der Waals surface area (Å²) >= 11 is 0. The summed E-state index contributed by atoms with van der Waals surface area (Å²) in [5.41, 5.74) is 2.14. The van der Waals surface area contributed by atoms with Crippen LogP contribution in [0, 0.1) is 11.8 Å². The predicted octanol–water partition coefficient (Wildman–Crippen LogP) is 3.71. The van der Waals surface area contributed by atoms with Crippen molar-refractivity contribution in [1.29, 1.82) is 0 Å². The molecule has 3 nitrogen and oxygen atoms in total. The highest BCUT2D eigenvalue weighted by molar-refractivity contribution is 5.75. The standard InChI is InChI=1S/C13H18O2.C4H10O/c1-9(2)8-11-4-6-12(7-5-11)10(3)13(14)15;1-4(2)3-5/h4-7,9-10H,8H2,1-3H3,(H,14,15);4-5H,3H2,1-2H3. The van der Waals surface area contributed by atoms with Gasteiger partial charge in [0.05, 0.1) is 5.92 Å². The van der Waals surface area contributed by atoms with Crippen LogP contribution >= 0.6 is 0 Å². The molecule has 0 saturated heterocycles. The molecule has 0 aliphatic carbocycles. The Bertz CT molecular complexity index is 380. The van der Waals surface area contributed by atoms with Crippen molar-refractivity contribution < 1.29 is 15.0 Å². The molecule has 1 atom stereocenters. The van der Waals surface area contributed by atoms with Gasteiger partial charge in [-0.25, -0.2) is 0 Å². The first kappa shape index (κ1) is 18.7. The Morgan fingerprint density at radius 2 is 1.45 bits per heavy atom. The van der Waals surface area contributed by atoms with E-state index >= 15 is 0 Å². The normalized spacial score (nSPS) is 12.0. The number of aliphatic carboxylic acids is 1. The van der Waals surface area contributed by atoms with E-state index in [9.17, 15) is 4.79 Å². The van der Waals surface area contributed by atoms with Gasteiger partial charge in [0.25, 0.3) is 0 Å². The zero-order valence-electron chi connectivity index (χ0n) is 13.3. The lowest BCUT2D eigenvalue weighted by Crippen LogP contribution is -2.07. The monoisotopic (exact) mass is 280 g/mol. The van der Waals surface area contributed by atoms with E-state index in [2.05, 4.69) is 13.8 Å². The number of carboxylic acids is 1. The molecule has 2 N–H and O–H groups in total. The third-order valence-electron chi connectivity index (χ3n) is 2.86. The predicted molar refractivity (Wildman–Crippen MR) is 83.0 cm³/mol. The fraction of sp³-hybridized carbons (Fsp3) is 0.588. The molecule has 3 heteroatoms. The fourth-order valence-electron chi connectivity index (χ4n) is 1.56. The van der Waals surface area contributed by atoms with Gasteiger partial charge in [-0.05, 0) is 36.3 Å². The van der Waals surface area contributed by atoms with E-state index in [4.69, 9.17) is 10.2 Å². The first-order valence-corrected chi connectivity index (χ1v) is 7.20. The molecule has 1 aromatic rings. The Morgan fingerprint density at radius 3 is 1.75 bits per heavy atom. The number of aliphatic hydroxyl groups is 1. The number of carboxylic acid groups (broad SMARTS) is 1. The van der Waals surface area contributed by atoms with Gasteiger partial charge in [-0.1, -0.05) is 52.0 Å². The largest absolute Gasteiger partial charge is 0.481 e. The van der Waals surface area contributed by atoms with Crippen LogP contribution < -0.4 is 0 Å². The Labute approximate surface area is 122 Å². The Kier molecular flexibility index (Phi) is 8.89. The number of hydrogen-bond acceptors (Lipinski definition) is 2. The van der Waals surface area contributed by atoms with Gasteiger partial charge in [-0.15, -0.1) is 0 Å². The van der Waals surface area contributed by atoms with E-state index < -0.39 is 11.9 Å². The summed E-state index contributed by atoms with van der Waals surface area (Å²) < 4.78 is 0. The van der Waals surface area contributed by atoms with Gasteiger partial charge < -0.3 is 10.2 Å². The lowest BCUT2D eigenvalue weighted by molar-refractivity contribution is -0.138. The van der Waals surface area contributed by atoms with Crippen molar-refractivity contribution in [3.8, 4) is 0 Å². The average Bonchev–Trinajstić information content (AvgIpc) is 2.38. The van der Waals surface area contributed by atoms with E-state index in [1.165, 1.54) is 5.56 Å². The minimum Gasteiger partial charge on any atom is -0.481 e. The summed E-state index contributed by atoms with van der Waals surface area (Å²) in [6.45, 7) is 10.3. The fourth-order valence-corrected chi connectivity index (χ4v) is 1.56. The molecule has 0 spiro atoms. The molecule has 0 aromatic heterocycles. The summed E-state index contributed by atoms with van der Waals surface area (Å²) in [6.07, 6.45) is 1.04. The van der Waals surface area contributed by atoms with Crippen LogP contribution in [0.15, 0.2) is 24.3 Å². The quantitative estimate of drug-likeness (QED) is 0.864. The van der Waals surface area contributed by atoms with Gasteiger partial charge in [-0.2, -0.15) is 0 Å². The van der Waals surface area contributed by atoms with Crippen LogP contribution in [-0.2, 0) is 11.2 Å². The van der Waals surface area contributed by atoms with Crippen LogP contribution in [0.5, 0.6) is 0 Å². The number of carbonyl (C=O) groups is 1. The highest BCUT2D eigenvalue weighted by Gasteiger charge is 2.12. The van der Waals surface area contributed by atoms with Crippen LogP contribution in [0.25, 0.3) is 0 Å². The summed E-state index contributed by atoms with van der Waals surface area (Å²) in [5.74, 6) is -0.118. The Balaban J connectivity index is 0.000000621. The number of aliphatic hydroxyl groups excluding tert-OH is 1. The maximum absolute atomic E-state index is 10.8. The van der Waals surface area contributed by atoms with Crippen molar-refractivity contribution >= 4 is 5.97 Å². The first-order valence-electron chi connectivity index (χ1n) is 7.20. The zero-order chi connectivity index (χ0) is 15.7. The van der Waals surface area contributed by atoms with Gasteiger partial charge in [0.1, 0.15) is 0 Å². The smallest absolute Gasteiger partial charge is 0.310 e. The second-order valence-corrected chi connectivity index (χ2v) is 5.98. The number of rotatable bonds is 5. The van der Waals surface area contributed by atoms with Crippen molar-refractivity contribution in [2.24, 2.45) is 11.8 Å². The lowest BCUT2D eigenvalue weighted by atomic mass is 9.97. The molecule has 0 heterocycles. The molecule has 20 heavy (non-hydrogen) atoms. The van der Waals surface area contributed by atoms with Crippen molar-refractivity contribution in [3.63, 3.8) is 0 Å². The zero-order valence-corrected chi connectivity index (χ0v) is 13.3. The van der Waals surface area contributed by atoms with E-state index in [1.54, 1.807) is 6.92 Å². The molecule has 0 aliphatic heterocycles. The maximum atomic E-state index is 10.8. The third-order valence-corrected chi connectivity index (χ3v) is 2.86. The van der Waals surface area contributed by atoms with Crippen LogP contribution in [0.2, 0.25) is 0 Å². The van der Waals surface area contributed by atoms with E-state index in [-0.39, 0.29) is 0 Å². The Morgan fingerprint density at radius 1 is 1.00 bits per heavy atom. The lowest BCUT2D eigenvalue weighted by Gasteiger charge is -2.09. The van der Waals surface area contributed by atoms with Crippen molar-refractivity contribution in [1.82, 2.24) is 0 Å². The van der Waals surface area contributed by atoms with E-state index in [1.807, 2.05) is 38.1 Å². The second kappa shape index (κ2) is 9.54. The molecule has 1 aromatic carbocycles. The molecule has 0 fully saturated rings. The van der Waals surface area contributed by atoms with E-state index in [0.717, 1.165) is 12.0 Å². The highest BCUT2D eigenvalue weighted by atomic mass is 16.4. The van der Waals surface area contributed by atoms with Crippen LogP contribution in [0.3, 0.4) is 0 Å². The number of benzene rings is 1. The SMILES string of the molecule is CC(C)CO.CC(C)Cc1ccc(C(C)C(=O)O)cc1.